The number of aliphatic hydroxyl groups is 1. The summed E-state index contributed by atoms with van der Waals surface area (Å²) in [5.74, 6) is -1.75. The van der Waals surface area contributed by atoms with Crippen LogP contribution in [0.25, 0.3) is 12.2 Å². The predicted octanol–water partition coefficient (Wildman–Crippen LogP) is 6.30. The SMILES string of the molecule is COc1cc(O)c([C@@H](/C=C/c2ccc(O)cc2)C[C@@H](O)CCc2ccc(O)cc2)c(O)c1C(=O)/C=C/c1ccc(O)cc1. The van der Waals surface area contributed by atoms with Gasteiger partial charge in [0.25, 0.3) is 0 Å². The van der Waals surface area contributed by atoms with Crippen molar-refractivity contribution in [1.29, 1.82) is 0 Å². The van der Waals surface area contributed by atoms with Crippen LogP contribution >= 0.6 is 0 Å². The van der Waals surface area contributed by atoms with Gasteiger partial charge in [0.1, 0.15) is 40.1 Å². The number of phenols is 5. The molecule has 43 heavy (non-hydrogen) atoms. The molecule has 6 N–H and O–H groups in total. The molecule has 4 aromatic rings. The molecule has 4 rings (SSSR count). The molecule has 0 bridgehead atoms. The standard InChI is InChI=1S/C35H34O8/c1-43-32-21-31(41)33(35(42)34(32)30(40)19-10-24-7-16-28(38)17-8-24)25(11-2-22-3-12-26(36)13-4-22)20-29(39)18-9-23-5-14-27(37)15-6-23/h2-8,10-17,19,21,25,29,36-39,41-42H,9,18,20H2,1H3/b11-2+,19-10+/t25-,29-/m0/s1. The van der Waals surface area contributed by atoms with Crippen molar-refractivity contribution in [3.63, 3.8) is 0 Å². The van der Waals surface area contributed by atoms with Crippen molar-refractivity contribution in [2.45, 2.75) is 31.3 Å². The molecule has 0 aliphatic rings. The maximum absolute atomic E-state index is 13.3. The summed E-state index contributed by atoms with van der Waals surface area (Å²) in [7, 11) is 1.32. The van der Waals surface area contributed by atoms with Gasteiger partial charge >= 0.3 is 0 Å². The van der Waals surface area contributed by atoms with Gasteiger partial charge in [-0.25, -0.2) is 0 Å². The predicted molar refractivity (Wildman–Crippen MR) is 165 cm³/mol. The molecule has 0 unspecified atom stereocenters. The van der Waals surface area contributed by atoms with Crippen LogP contribution in [0.15, 0.2) is 91.0 Å². The first-order valence-corrected chi connectivity index (χ1v) is 13.7. The summed E-state index contributed by atoms with van der Waals surface area (Å²) in [6, 6.07) is 20.6. The number of methoxy groups -OCH3 is 1. The maximum Gasteiger partial charge on any atom is 0.193 e. The number of allylic oxidation sites excluding steroid dienone is 2. The van der Waals surface area contributed by atoms with E-state index < -0.39 is 23.6 Å². The van der Waals surface area contributed by atoms with E-state index in [4.69, 9.17) is 4.74 Å². The molecule has 0 saturated heterocycles. The molecule has 222 valence electrons. The van der Waals surface area contributed by atoms with E-state index in [0.29, 0.717) is 18.4 Å². The number of phenolic OH excluding ortho intramolecular Hbond substituents is 5. The van der Waals surface area contributed by atoms with Gasteiger partial charge in [-0.1, -0.05) is 54.6 Å². The number of ketones is 1. The maximum atomic E-state index is 13.3. The minimum atomic E-state index is -0.849. The molecule has 4 aromatic carbocycles. The molecule has 0 saturated carbocycles. The van der Waals surface area contributed by atoms with E-state index in [2.05, 4.69) is 0 Å². The van der Waals surface area contributed by atoms with Gasteiger partial charge in [-0.05, 0) is 78.4 Å². The van der Waals surface area contributed by atoms with Crippen molar-refractivity contribution in [2.24, 2.45) is 0 Å². The molecule has 0 radical (unpaired) electrons. The zero-order chi connectivity index (χ0) is 30.9. The van der Waals surface area contributed by atoms with Crippen molar-refractivity contribution in [3.8, 4) is 34.5 Å². The Labute approximate surface area is 249 Å². The molecule has 8 nitrogen and oxygen atoms in total. The first-order chi connectivity index (χ1) is 20.6. The normalized spacial score (nSPS) is 12.9. The van der Waals surface area contributed by atoms with Gasteiger partial charge in [0.05, 0.1) is 13.2 Å². The third-order valence-electron chi connectivity index (χ3n) is 7.08. The topological polar surface area (TPSA) is 148 Å². The molecule has 0 fully saturated rings. The summed E-state index contributed by atoms with van der Waals surface area (Å²) in [5.41, 5.74) is 2.22. The van der Waals surface area contributed by atoms with E-state index in [0.717, 1.165) is 11.1 Å². The first kappa shape index (κ1) is 30.7. The quantitative estimate of drug-likeness (QED) is 0.0842. The molecule has 0 aromatic heterocycles. The highest BCUT2D eigenvalue weighted by atomic mass is 16.5. The van der Waals surface area contributed by atoms with E-state index >= 15 is 0 Å². The lowest BCUT2D eigenvalue weighted by atomic mass is 9.87. The lowest BCUT2D eigenvalue weighted by Crippen LogP contribution is -2.14. The largest absolute Gasteiger partial charge is 0.508 e. The number of aliphatic hydroxyl groups excluding tert-OH is 1. The van der Waals surface area contributed by atoms with Crippen LogP contribution in [0, 0.1) is 0 Å². The minimum Gasteiger partial charge on any atom is -0.508 e. The average Bonchev–Trinajstić information content (AvgIpc) is 2.99. The van der Waals surface area contributed by atoms with Crippen LogP contribution in [-0.2, 0) is 6.42 Å². The third-order valence-corrected chi connectivity index (χ3v) is 7.08. The Morgan fingerprint density at radius 3 is 1.88 bits per heavy atom. The summed E-state index contributed by atoms with van der Waals surface area (Å²) in [4.78, 5) is 13.3. The molecule has 8 heteroatoms. The van der Waals surface area contributed by atoms with E-state index in [1.54, 1.807) is 60.7 Å². The molecular weight excluding hydrogens is 548 g/mol. The third kappa shape index (κ3) is 8.18. The highest BCUT2D eigenvalue weighted by Gasteiger charge is 2.28. The van der Waals surface area contributed by atoms with Gasteiger partial charge in [-0.15, -0.1) is 0 Å². The van der Waals surface area contributed by atoms with Crippen LogP contribution < -0.4 is 4.74 Å². The zero-order valence-corrected chi connectivity index (χ0v) is 23.6. The number of benzene rings is 4. The number of ether oxygens (including phenoxy) is 1. The monoisotopic (exact) mass is 582 g/mol. The van der Waals surface area contributed by atoms with Crippen LogP contribution in [0.3, 0.4) is 0 Å². The summed E-state index contributed by atoms with van der Waals surface area (Å²) in [6.07, 6.45) is 6.41. The Bertz CT molecular complexity index is 1590. The fourth-order valence-electron chi connectivity index (χ4n) is 4.76. The number of carbonyl (C=O) groups excluding carboxylic acids is 1. The van der Waals surface area contributed by atoms with Gasteiger partial charge in [-0.2, -0.15) is 0 Å². The molecule has 0 spiro atoms. The van der Waals surface area contributed by atoms with Crippen molar-refractivity contribution >= 4 is 17.9 Å². The van der Waals surface area contributed by atoms with E-state index in [9.17, 15) is 35.4 Å². The first-order valence-electron chi connectivity index (χ1n) is 13.7. The van der Waals surface area contributed by atoms with Crippen molar-refractivity contribution in [2.75, 3.05) is 7.11 Å². The van der Waals surface area contributed by atoms with Crippen LogP contribution in [0.2, 0.25) is 0 Å². The smallest absolute Gasteiger partial charge is 0.193 e. The highest BCUT2D eigenvalue weighted by molar-refractivity contribution is 6.11. The number of hydrogen-bond acceptors (Lipinski definition) is 8. The van der Waals surface area contributed by atoms with Crippen LogP contribution in [0.5, 0.6) is 34.5 Å². The van der Waals surface area contributed by atoms with Crippen LogP contribution in [0.4, 0.5) is 0 Å². The van der Waals surface area contributed by atoms with Gasteiger partial charge in [0, 0.05) is 17.5 Å². The lowest BCUT2D eigenvalue weighted by Gasteiger charge is -2.22. The Morgan fingerprint density at radius 2 is 1.33 bits per heavy atom. The minimum absolute atomic E-state index is 0.0201. The number of hydrogen-bond donors (Lipinski definition) is 6. The summed E-state index contributed by atoms with van der Waals surface area (Å²) in [6.45, 7) is 0. The zero-order valence-electron chi connectivity index (χ0n) is 23.6. The second kappa shape index (κ2) is 14.1. The Morgan fingerprint density at radius 1 is 0.791 bits per heavy atom. The Balaban J connectivity index is 1.68. The summed E-state index contributed by atoms with van der Waals surface area (Å²) < 4.78 is 5.33. The molecular formula is C35H34O8. The van der Waals surface area contributed by atoms with Gasteiger partial charge in [0.15, 0.2) is 5.78 Å². The number of aromatic hydroxyl groups is 5. The lowest BCUT2D eigenvalue weighted by molar-refractivity contribution is 0.104. The molecule has 2 atom stereocenters. The molecule has 0 aliphatic heterocycles. The second-order valence-electron chi connectivity index (χ2n) is 10.2. The van der Waals surface area contributed by atoms with Crippen molar-refractivity contribution in [1.82, 2.24) is 0 Å². The fraction of sp³-hybridized carbons (Fsp3) is 0.171. The highest BCUT2D eigenvalue weighted by Crippen LogP contribution is 2.44. The van der Waals surface area contributed by atoms with Crippen molar-refractivity contribution < 1.29 is 40.2 Å². The molecule has 0 heterocycles. The fourth-order valence-corrected chi connectivity index (χ4v) is 4.76. The number of rotatable bonds is 12. The van der Waals surface area contributed by atoms with E-state index in [1.807, 2.05) is 0 Å². The van der Waals surface area contributed by atoms with Crippen LogP contribution in [-0.4, -0.2) is 49.6 Å². The summed E-state index contributed by atoms with van der Waals surface area (Å²) in [5, 5.41) is 62.2. The van der Waals surface area contributed by atoms with E-state index in [-0.39, 0.29) is 46.3 Å². The van der Waals surface area contributed by atoms with Gasteiger partial charge in [0.2, 0.25) is 0 Å². The Kier molecular flexibility index (Phi) is 10.1. The van der Waals surface area contributed by atoms with E-state index in [1.165, 1.54) is 49.6 Å². The number of carbonyl (C=O) groups is 1. The number of aryl methyl sites for hydroxylation is 1. The van der Waals surface area contributed by atoms with Gasteiger partial charge < -0.3 is 35.4 Å². The van der Waals surface area contributed by atoms with Crippen molar-refractivity contribution in [3.05, 3.63) is 119 Å². The van der Waals surface area contributed by atoms with Gasteiger partial charge in [-0.3, -0.25) is 4.79 Å². The Hall–Kier alpha value is -5.21. The summed E-state index contributed by atoms with van der Waals surface area (Å²) >= 11 is 0. The van der Waals surface area contributed by atoms with Crippen LogP contribution in [0.1, 0.15) is 51.4 Å². The molecule has 0 aliphatic carbocycles. The molecule has 0 amide bonds. The second-order valence-corrected chi connectivity index (χ2v) is 10.2. The average molecular weight is 583 g/mol.